The van der Waals surface area contributed by atoms with Crippen LogP contribution in [0, 0.1) is 45.3 Å². The molecule has 0 unspecified atom stereocenters. The van der Waals surface area contributed by atoms with E-state index in [0.717, 1.165) is 25.7 Å². The summed E-state index contributed by atoms with van der Waals surface area (Å²) in [5, 5.41) is 77.2. The number of aliphatic hydroxyl groups excluding tert-OH is 6. The van der Waals surface area contributed by atoms with Crippen LogP contribution in [-0.2, 0) is 9.47 Å². The lowest BCUT2D eigenvalue weighted by Crippen LogP contribution is -2.71. The van der Waals surface area contributed by atoms with E-state index >= 15 is 0 Å². The monoisotopic (exact) mass is 638 g/mol. The number of aliphatic hydroxyl groups is 7. The van der Waals surface area contributed by atoms with Crippen molar-refractivity contribution in [3.05, 3.63) is 11.6 Å². The summed E-state index contributed by atoms with van der Waals surface area (Å²) in [6, 6.07) is 0. The molecule has 260 valence electrons. The van der Waals surface area contributed by atoms with Gasteiger partial charge in [-0.05, 0) is 117 Å². The third kappa shape index (κ3) is 5.48. The first-order chi connectivity index (χ1) is 20.8. The molecule has 45 heavy (non-hydrogen) atoms. The lowest BCUT2D eigenvalue weighted by atomic mass is 9.34. The fraction of sp³-hybridized carbons (Fsp3) is 0.944. The highest BCUT2D eigenvalue weighted by Crippen LogP contribution is 2.76. The average molecular weight is 639 g/mol. The van der Waals surface area contributed by atoms with Gasteiger partial charge in [-0.1, -0.05) is 46.3 Å². The van der Waals surface area contributed by atoms with Crippen molar-refractivity contribution in [3.8, 4) is 0 Å². The molecular weight excluding hydrogens is 576 g/mol. The molecule has 7 N–H and O–H groups in total. The van der Waals surface area contributed by atoms with E-state index in [4.69, 9.17) is 9.47 Å². The Morgan fingerprint density at radius 2 is 1.60 bits per heavy atom. The fourth-order valence-corrected chi connectivity index (χ4v) is 11.9. The number of hydrogen-bond donors (Lipinski definition) is 7. The van der Waals surface area contributed by atoms with Crippen LogP contribution in [-0.4, -0.2) is 97.0 Å². The topological polar surface area (TPSA) is 160 Å². The minimum absolute atomic E-state index is 0.0548. The summed E-state index contributed by atoms with van der Waals surface area (Å²) in [5.41, 5.74) is -1.21. The van der Waals surface area contributed by atoms with Gasteiger partial charge < -0.3 is 45.2 Å². The zero-order valence-corrected chi connectivity index (χ0v) is 28.8. The zero-order valence-electron chi connectivity index (χ0n) is 28.8. The maximum atomic E-state index is 12.1. The van der Waals surface area contributed by atoms with Crippen LogP contribution in [0.4, 0.5) is 0 Å². The van der Waals surface area contributed by atoms with Crippen LogP contribution in [0.1, 0.15) is 107 Å². The molecule has 5 rings (SSSR count). The van der Waals surface area contributed by atoms with Gasteiger partial charge in [-0.15, -0.1) is 0 Å². The van der Waals surface area contributed by atoms with Crippen LogP contribution in [0.5, 0.6) is 0 Å². The summed E-state index contributed by atoms with van der Waals surface area (Å²) in [6.07, 6.45) is -0.603. The molecule has 9 heteroatoms. The molecule has 0 amide bonds. The molecule has 1 heterocycles. The molecule has 0 spiro atoms. The lowest BCUT2D eigenvalue weighted by molar-refractivity contribution is -0.346. The van der Waals surface area contributed by atoms with Crippen molar-refractivity contribution in [1.29, 1.82) is 0 Å². The number of fused-ring (bicyclic) bond motifs is 5. The Kier molecular flexibility index (Phi) is 9.56. The van der Waals surface area contributed by atoms with Gasteiger partial charge in [0, 0.05) is 0 Å². The lowest BCUT2D eigenvalue weighted by Gasteiger charge is -2.72. The minimum Gasteiger partial charge on any atom is -0.394 e. The standard InChI is InChI=1S/C36H62O9/c1-19(2)10-9-13-36(8,43)20-11-15-34(6)26(20)21(38)16-24-33(5)14-12-25(39)32(3,4)30(33)22(17-35(24,34)7)44-31-29(42)28(41)27(40)23(18-37)45-31/h10,20-31,37-43H,9,11-18H2,1-8H3/t20-,21+,22-,23-,24-,25+,26+,27-,28+,29-,30-,31-,33-,34+,35-,36-/m1/s1. The molecule has 4 saturated carbocycles. The van der Waals surface area contributed by atoms with Gasteiger partial charge in [0.25, 0.3) is 0 Å². The molecule has 0 aromatic carbocycles. The van der Waals surface area contributed by atoms with Crippen LogP contribution in [0.3, 0.4) is 0 Å². The van der Waals surface area contributed by atoms with Crippen molar-refractivity contribution in [2.75, 3.05) is 6.61 Å². The molecule has 0 bridgehead atoms. The Labute approximate surface area is 270 Å². The third-order valence-corrected chi connectivity index (χ3v) is 14.4. The van der Waals surface area contributed by atoms with E-state index in [-0.39, 0.29) is 39.9 Å². The SMILES string of the molecule is CC(C)=CCC[C@@](C)(O)[C@@H]1CC[C@@]2(C)[C@@H]1[C@@H](O)C[C@@H]1[C@@]3(C)CC[C@H](O)C(C)(C)[C@H]3[C@H](O[C@@H]3O[C@H](CO)[C@@H](O)[C@H](O)[C@H]3O)C[C@]12C. The third-order valence-electron chi connectivity index (χ3n) is 14.4. The van der Waals surface area contributed by atoms with Crippen molar-refractivity contribution in [3.63, 3.8) is 0 Å². The summed E-state index contributed by atoms with van der Waals surface area (Å²) in [7, 11) is 0. The Hall–Kier alpha value is -0.620. The Morgan fingerprint density at radius 3 is 2.22 bits per heavy atom. The second-order valence-electron chi connectivity index (χ2n) is 17.5. The largest absolute Gasteiger partial charge is 0.394 e. The van der Waals surface area contributed by atoms with Crippen LogP contribution in [0.25, 0.3) is 0 Å². The van der Waals surface area contributed by atoms with Crippen LogP contribution < -0.4 is 0 Å². The number of rotatable bonds is 7. The van der Waals surface area contributed by atoms with E-state index in [1.54, 1.807) is 0 Å². The van der Waals surface area contributed by atoms with Crippen molar-refractivity contribution in [2.45, 2.75) is 161 Å². The summed E-state index contributed by atoms with van der Waals surface area (Å²) in [6.45, 7) is 16.6. The second kappa shape index (κ2) is 12.1. The molecule has 0 radical (unpaired) electrons. The van der Waals surface area contributed by atoms with Gasteiger partial charge in [0.15, 0.2) is 6.29 Å². The van der Waals surface area contributed by atoms with Crippen LogP contribution >= 0.6 is 0 Å². The molecule has 0 aromatic heterocycles. The first-order valence-corrected chi connectivity index (χ1v) is 17.4. The molecular formula is C36H62O9. The van der Waals surface area contributed by atoms with Gasteiger partial charge in [0.05, 0.1) is 30.5 Å². The highest BCUT2D eigenvalue weighted by atomic mass is 16.7. The maximum Gasteiger partial charge on any atom is 0.186 e. The van der Waals surface area contributed by atoms with Crippen molar-refractivity contribution >= 4 is 0 Å². The van der Waals surface area contributed by atoms with Gasteiger partial charge in [0.1, 0.15) is 24.4 Å². The van der Waals surface area contributed by atoms with Gasteiger partial charge >= 0.3 is 0 Å². The summed E-state index contributed by atoms with van der Waals surface area (Å²) in [5.74, 6) is -0.186. The smallest absolute Gasteiger partial charge is 0.186 e. The number of allylic oxidation sites excluding steroid dienone is 2. The highest BCUT2D eigenvalue weighted by molar-refractivity contribution is 5.22. The van der Waals surface area contributed by atoms with Gasteiger partial charge in [0.2, 0.25) is 0 Å². The second-order valence-corrected chi connectivity index (χ2v) is 17.5. The molecule has 5 fully saturated rings. The fourth-order valence-electron chi connectivity index (χ4n) is 11.9. The predicted molar refractivity (Wildman–Crippen MR) is 170 cm³/mol. The van der Waals surface area contributed by atoms with Crippen LogP contribution in [0.2, 0.25) is 0 Å². The Bertz CT molecular complexity index is 1100. The van der Waals surface area contributed by atoms with Crippen molar-refractivity contribution in [1.82, 2.24) is 0 Å². The molecule has 1 saturated heterocycles. The van der Waals surface area contributed by atoms with Crippen molar-refractivity contribution in [2.24, 2.45) is 45.3 Å². The van der Waals surface area contributed by atoms with Gasteiger partial charge in [-0.3, -0.25) is 0 Å². The van der Waals surface area contributed by atoms with Gasteiger partial charge in [-0.25, -0.2) is 0 Å². The Balaban J connectivity index is 1.54. The molecule has 9 nitrogen and oxygen atoms in total. The maximum absolute atomic E-state index is 12.1. The molecule has 0 aromatic rings. The van der Waals surface area contributed by atoms with E-state index in [1.807, 2.05) is 6.92 Å². The van der Waals surface area contributed by atoms with E-state index in [1.165, 1.54) is 5.57 Å². The van der Waals surface area contributed by atoms with Crippen molar-refractivity contribution < 1.29 is 45.2 Å². The molecule has 1 aliphatic heterocycles. The molecule has 4 aliphatic carbocycles. The van der Waals surface area contributed by atoms with Crippen LogP contribution in [0.15, 0.2) is 11.6 Å². The number of ether oxygens (including phenoxy) is 2. The quantitative estimate of drug-likeness (QED) is 0.164. The summed E-state index contributed by atoms with van der Waals surface area (Å²) < 4.78 is 12.6. The van der Waals surface area contributed by atoms with E-state index in [0.29, 0.717) is 25.7 Å². The first kappa shape index (κ1) is 35.7. The molecule has 16 atom stereocenters. The minimum atomic E-state index is -1.54. The van der Waals surface area contributed by atoms with Gasteiger partial charge in [-0.2, -0.15) is 0 Å². The average Bonchev–Trinajstić information content (AvgIpc) is 3.33. The molecule has 5 aliphatic rings. The Morgan fingerprint density at radius 1 is 0.933 bits per heavy atom. The zero-order chi connectivity index (χ0) is 33.5. The summed E-state index contributed by atoms with van der Waals surface area (Å²) in [4.78, 5) is 0. The number of hydrogen-bond acceptors (Lipinski definition) is 9. The highest BCUT2D eigenvalue weighted by Gasteiger charge is 2.73. The first-order valence-electron chi connectivity index (χ1n) is 17.4. The summed E-state index contributed by atoms with van der Waals surface area (Å²) >= 11 is 0. The predicted octanol–water partition coefficient (Wildman–Crippen LogP) is 3.30. The van der Waals surface area contributed by atoms with E-state index in [9.17, 15) is 35.7 Å². The van der Waals surface area contributed by atoms with E-state index in [2.05, 4.69) is 54.5 Å². The normalized spacial score (nSPS) is 52.2. The van der Waals surface area contributed by atoms with E-state index < -0.39 is 66.6 Å².